The van der Waals surface area contributed by atoms with E-state index in [2.05, 4.69) is 18.2 Å². The second-order valence-electron chi connectivity index (χ2n) is 4.98. The van der Waals surface area contributed by atoms with Crippen LogP contribution in [0.2, 0.25) is 0 Å². The molecule has 1 saturated carbocycles. The Kier molecular flexibility index (Phi) is 2.81. The molecule has 0 spiro atoms. The van der Waals surface area contributed by atoms with Gasteiger partial charge in [0.15, 0.2) is 0 Å². The molecule has 0 amide bonds. The van der Waals surface area contributed by atoms with E-state index in [1.54, 1.807) is 0 Å². The zero-order valence-electron chi connectivity index (χ0n) is 10.3. The molecule has 2 bridgehead atoms. The second kappa shape index (κ2) is 4.08. The molecule has 0 aromatic rings. The first-order valence-electron chi connectivity index (χ1n) is 6.49. The quantitative estimate of drug-likeness (QED) is 0.555. The molecule has 0 unspecified atom stereocenters. The second-order valence-corrected chi connectivity index (χ2v) is 7.00. The van der Waals surface area contributed by atoms with Gasteiger partial charge in [0.1, 0.15) is 0 Å². The molecule has 0 aliphatic heterocycles. The van der Waals surface area contributed by atoms with Gasteiger partial charge in [-0.1, -0.05) is 18.2 Å². The van der Waals surface area contributed by atoms with E-state index in [0.29, 0.717) is 36.9 Å². The molecular weight excluding hydrogens is 235 g/mol. The summed E-state index contributed by atoms with van der Waals surface area (Å²) >= 11 is 0. The fourth-order valence-electron chi connectivity index (χ4n) is 3.49. The molecule has 3 aliphatic rings. The number of fused-ring (bicyclic) bond motifs is 5. The third-order valence-corrected chi connectivity index (χ3v) is 6.42. The molecule has 94 valence electrons. The van der Waals surface area contributed by atoms with Gasteiger partial charge in [-0.15, -0.1) is 0 Å². The summed E-state index contributed by atoms with van der Waals surface area (Å²) in [6, 6.07) is 0. The zero-order valence-corrected chi connectivity index (χ0v) is 11.2. The largest absolute Gasteiger partial charge is 0.357 e. The standard InChI is InChI=1S/C13H19O3P/c1-3-15-17(14,16-4-2)12-8-11-9-5-6-10(7-9)13(11)12/h5-6,8-11,13H,3-4,7H2,1-2H3/t9-,10+,11+,13-/m1/s1. The Morgan fingerprint density at radius 3 is 2.47 bits per heavy atom. The maximum absolute atomic E-state index is 12.7. The van der Waals surface area contributed by atoms with E-state index in [1.807, 2.05) is 13.8 Å². The van der Waals surface area contributed by atoms with Crippen LogP contribution in [-0.4, -0.2) is 13.2 Å². The van der Waals surface area contributed by atoms with Crippen LogP contribution in [0.15, 0.2) is 23.5 Å². The highest BCUT2D eigenvalue weighted by molar-refractivity contribution is 7.58. The Balaban J connectivity index is 1.84. The Morgan fingerprint density at radius 2 is 1.88 bits per heavy atom. The Bertz CT molecular complexity index is 416. The highest BCUT2D eigenvalue weighted by atomic mass is 31.2. The van der Waals surface area contributed by atoms with Crippen molar-refractivity contribution >= 4 is 7.60 Å². The first-order valence-corrected chi connectivity index (χ1v) is 8.03. The predicted octanol–water partition coefficient (Wildman–Crippen LogP) is 3.59. The summed E-state index contributed by atoms with van der Waals surface area (Å²) in [6.07, 6.45) is 7.95. The lowest BCUT2D eigenvalue weighted by molar-refractivity contribution is 0.215. The molecule has 3 rings (SSSR count). The molecular formula is C13H19O3P. The molecule has 4 atom stereocenters. The third-order valence-electron chi connectivity index (χ3n) is 4.14. The summed E-state index contributed by atoms with van der Waals surface area (Å²) in [7, 11) is -3.00. The van der Waals surface area contributed by atoms with E-state index in [9.17, 15) is 4.57 Å². The molecule has 0 N–H and O–H groups in total. The summed E-state index contributed by atoms with van der Waals surface area (Å²) in [6.45, 7) is 4.61. The van der Waals surface area contributed by atoms with E-state index in [1.165, 1.54) is 6.42 Å². The fraction of sp³-hybridized carbons (Fsp3) is 0.692. The van der Waals surface area contributed by atoms with E-state index in [4.69, 9.17) is 9.05 Å². The average molecular weight is 254 g/mol. The van der Waals surface area contributed by atoms with Crippen molar-refractivity contribution in [1.82, 2.24) is 0 Å². The first kappa shape index (κ1) is 11.7. The van der Waals surface area contributed by atoms with Crippen LogP contribution in [0.1, 0.15) is 20.3 Å². The van der Waals surface area contributed by atoms with Crippen LogP contribution in [-0.2, 0) is 13.6 Å². The zero-order chi connectivity index (χ0) is 12.0. The fourth-order valence-corrected chi connectivity index (χ4v) is 5.63. The van der Waals surface area contributed by atoms with Crippen LogP contribution in [0.25, 0.3) is 0 Å². The monoisotopic (exact) mass is 254 g/mol. The van der Waals surface area contributed by atoms with Crippen molar-refractivity contribution < 1.29 is 13.6 Å². The molecule has 3 nitrogen and oxygen atoms in total. The number of allylic oxidation sites excluding steroid dienone is 4. The van der Waals surface area contributed by atoms with Gasteiger partial charge in [0.25, 0.3) is 0 Å². The molecule has 0 aromatic carbocycles. The molecule has 0 heterocycles. The lowest BCUT2D eigenvalue weighted by atomic mass is 9.75. The molecule has 0 radical (unpaired) electrons. The minimum atomic E-state index is -3.00. The van der Waals surface area contributed by atoms with Gasteiger partial charge in [0.05, 0.1) is 13.2 Å². The van der Waals surface area contributed by atoms with Crippen molar-refractivity contribution in [2.45, 2.75) is 20.3 Å². The normalized spacial score (nSPS) is 37.9. The molecule has 0 saturated heterocycles. The van der Waals surface area contributed by atoms with Gasteiger partial charge in [-0.2, -0.15) is 0 Å². The Morgan fingerprint density at radius 1 is 1.24 bits per heavy atom. The summed E-state index contributed by atoms with van der Waals surface area (Å²) in [5, 5.41) is 0.947. The van der Waals surface area contributed by atoms with E-state index in [0.717, 1.165) is 5.31 Å². The van der Waals surface area contributed by atoms with Crippen molar-refractivity contribution in [3.63, 3.8) is 0 Å². The lowest BCUT2D eigenvalue weighted by Crippen LogP contribution is -2.29. The topological polar surface area (TPSA) is 35.5 Å². The maximum Gasteiger partial charge on any atom is 0.357 e. The van der Waals surface area contributed by atoms with Gasteiger partial charge in [0, 0.05) is 11.2 Å². The molecule has 4 heteroatoms. The van der Waals surface area contributed by atoms with Crippen LogP contribution < -0.4 is 0 Å². The van der Waals surface area contributed by atoms with Crippen LogP contribution in [0.3, 0.4) is 0 Å². The SMILES string of the molecule is CCOP(=O)(OCC)C1=C[C@@H]2[C@H]1[C@H]1C=C[C@@H]2C1. The number of hydrogen-bond acceptors (Lipinski definition) is 3. The van der Waals surface area contributed by atoms with E-state index in [-0.39, 0.29) is 0 Å². The molecule has 17 heavy (non-hydrogen) atoms. The number of hydrogen-bond donors (Lipinski definition) is 0. The molecule has 3 aliphatic carbocycles. The van der Waals surface area contributed by atoms with E-state index < -0.39 is 7.60 Å². The van der Waals surface area contributed by atoms with Crippen LogP contribution in [0.5, 0.6) is 0 Å². The summed E-state index contributed by atoms with van der Waals surface area (Å²) < 4.78 is 23.5. The van der Waals surface area contributed by atoms with Crippen molar-refractivity contribution in [2.75, 3.05) is 13.2 Å². The van der Waals surface area contributed by atoms with Crippen LogP contribution in [0, 0.1) is 23.7 Å². The summed E-state index contributed by atoms with van der Waals surface area (Å²) in [5.41, 5.74) is 0. The smallest absolute Gasteiger partial charge is 0.306 e. The Labute approximate surface area is 102 Å². The van der Waals surface area contributed by atoms with Crippen molar-refractivity contribution in [3.05, 3.63) is 23.5 Å². The molecule has 1 fully saturated rings. The van der Waals surface area contributed by atoms with Crippen LogP contribution >= 0.6 is 7.60 Å². The van der Waals surface area contributed by atoms with Gasteiger partial charge in [-0.3, -0.25) is 4.57 Å². The highest BCUT2D eigenvalue weighted by Gasteiger charge is 2.55. The van der Waals surface area contributed by atoms with Gasteiger partial charge in [-0.25, -0.2) is 0 Å². The van der Waals surface area contributed by atoms with Crippen molar-refractivity contribution in [2.24, 2.45) is 23.7 Å². The van der Waals surface area contributed by atoms with Gasteiger partial charge < -0.3 is 9.05 Å². The Hall–Kier alpha value is -0.370. The van der Waals surface area contributed by atoms with Gasteiger partial charge in [-0.05, 0) is 38.0 Å². The minimum Gasteiger partial charge on any atom is -0.306 e. The van der Waals surface area contributed by atoms with Crippen LogP contribution in [0.4, 0.5) is 0 Å². The van der Waals surface area contributed by atoms with Gasteiger partial charge >= 0.3 is 7.60 Å². The van der Waals surface area contributed by atoms with Crippen molar-refractivity contribution in [3.8, 4) is 0 Å². The van der Waals surface area contributed by atoms with E-state index >= 15 is 0 Å². The average Bonchev–Trinajstić information content (AvgIpc) is 2.73. The predicted molar refractivity (Wildman–Crippen MR) is 66.7 cm³/mol. The van der Waals surface area contributed by atoms with Crippen molar-refractivity contribution in [1.29, 1.82) is 0 Å². The molecule has 0 aromatic heterocycles. The number of rotatable bonds is 5. The summed E-state index contributed by atoms with van der Waals surface area (Å²) in [4.78, 5) is 0. The van der Waals surface area contributed by atoms with Gasteiger partial charge in [0.2, 0.25) is 0 Å². The minimum absolute atomic E-state index is 0.425. The highest BCUT2D eigenvalue weighted by Crippen LogP contribution is 2.70. The summed E-state index contributed by atoms with van der Waals surface area (Å²) in [5.74, 6) is 2.26. The third kappa shape index (κ3) is 1.60. The maximum atomic E-state index is 12.7. The first-order chi connectivity index (χ1) is 8.19. The lowest BCUT2D eigenvalue weighted by Gasteiger charge is -2.39.